The summed E-state index contributed by atoms with van der Waals surface area (Å²) in [5.41, 5.74) is 4.92. The van der Waals surface area contributed by atoms with Crippen LogP contribution in [0, 0.1) is 0 Å². The fraction of sp³-hybridized carbons (Fsp3) is 0.727. The third kappa shape index (κ3) is 5.12. The summed E-state index contributed by atoms with van der Waals surface area (Å²) in [4.78, 5) is 35.2. The summed E-state index contributed by atoms with van der Waals surface area (Å²) >= 11 is 0. The van der Waals surface area contributed by atoms with E-state index in [0.717, 1.165) is 19.4 Å². The molecule has 1 saturated heterocycles. The number of carboxylic acids is 1. The Kier molecular flexibility index (Phi) is 5.56. The first-order chi connectivity index (χ1) is 8.90. The van der Waals surface area contributed by atoms with Crippen molar-refractivity contribution in [2.24, 2.45) is 5.73 Å². The second-order valence-corrected chi connectivity index (χ2v) is 4.69. The van der Waals surface area contributed by atoms with Crippen molar-refractivity contribution in [1.29, 1.82) is 0 Å². The van der Waals surface area contributed by atoms with Crippen LogP contribution in [0.15, 0.2) is 0 Å². The number of nitrogens with one attached hydrogen (secondary N) is 2. The zero-order valence-electron chi connectivity index (χ0n) is 10.9. The van der Waals surface area contributed by atoms with Gasteiger partial charge in [0.15, 0.2) is 0 Å². The summed E-state index contributed by atoms with van der Waals surface area (Å²) in [7, 11) is 1.98. The second kappa shape index (κ2) is 6.93. The molecule has 8 heteroatoms. The highest BCUT2D eigenvalue weighted by Crippen LogP contribution is 2.13. The minimum Gasteiger partial charge on any atom is -0.480 e. The summed E-state index contributed by atoms with van der Waals surface area (Å²) < 4.78 is 0. The molecule has 3 amide bonds. The predicted octanol–water partition coefficient (Wildman–Crippen LogP) is -1.29. The Morgan fingerprint density at radius 3 is 2.63 bits per heavy atom. The van der Waals surface area contributed by atoms with Crippen molar-refractivity contribution in [3.05, 3.63) is 0 Å². The predicted molar refractivity (Wildman–Crippen MR) is 67.4 cm³/mol. The van der Waals surface area contributed by atoms with Crippen LogP contribution in [0.3, 0.4) is 0 Å². The van der Waals surface area contributed by atoms with Crippen LogP contribution in [-0.4, -0.2) is 60.1 Å². The number of carbonyl (C=O) groups excluding carboxylic acids is 2. The normalized spacial score (nSPS) is 20.8. The van der Waals surface area contributed by atoms with Crippen LogP contribution in [0.5, 0.6) is 0 Å². The van der Waals surface area contributed by atoms with Gasteiger partial charge in [0.2, 0.25) is 5.91 Å². The molecule has 0 aromatic heterocycles. The molecule has 1 aliphatic heterocycles. The Bertz CT molecular complexity index is 361. The van der Waals surface area contributed by atoms with E-state index in [2.05, 4.69) is 15.5 Å². The van der Waals surface area contributed by atoms with Gasteiger partial charge >= 0.3 is 12.0 Å². The number of amides is 3. The van der Waals surface area contributed by atoms with Gasteiger partial charge < -0.3 is 26.4 Å². The zero-order chi connectivity index (χ0) is 14.4. The van der Waals surface area contributed by atoms with Crippen LogP contribution < -0.4 is 16.4 Å². The summed E-state index contributed by atoms with van der Waals surface area (Å²) in [6.45, 7) is 1.44. The third-order valence-corrected chi connectivity index (χ3v) is 3.18. The smallest absolute Gasteiger partial charge is 0.326 e. The molecule has 0 aromatic rings. The summed E-state index contributed by atoms with van der Waals surface area (Å²) in [6.07, 6.45) is 1.66. The lowest BCUT2D eigenvalue weighted by Gasteiger charge is -2.20. The topological polar surface area (TPSA) is 125 Å². The lowest BCUT2D eigenvalue weighted by Crippen LogP contribution is -2.49. The number of primary amides is 1. The molecule has 0 bridgehead atoms. The second-order valence-electron chi connectivity index (χ2n) is 4.69. The van der Waals surface area contributed by atoms with Crippen LogP contribution in [0.25, 0.3) is 0 Å². The molecule has 2 atom stereocenters. The number of urea groups is 1. The number of carboxylic acid groups (broad SMARTS) is 1. The van der Waals surface area contributed by atoms with E-state index in [1.54, 1.807) is 0 Å². The Balaban J connectivity index is 2.35. The molecule has 1 fully saturated rings. The molecule has 8 nitrogen and oxygen atoms in total. The number of likely N-dealkylation sites (tertiary alicyclic amines) is 1. The average Bonchev–Trinajstić information content (AvgIpc) is 2.70. The average molecular weight is 272 g/mol. The van der Waals surface area contributed by atoms with Crippen LogP contribution in [0.4, 0.5) is 4.79 Å². The van der Waals surface area contributed by atoms with Crippen LogP contribution in [0.2, 0.25) is 0 Å². The van der Waals surface area contributed by atoms with E-state index in [4.69, 9.17) is 10.8 Å². The van der Waals surface area contributed by atoms with Gasteiger partial charge in [-0.3, -0.25) is 4.79 Å². The molecule has 0 aliphatic carbocycles. The molecule has 0 radical (unpaired) electrons. The van der Waals surface area contributed by atoms with Gasteiger partial charge in [-0.2, -0.15) is 0 Å². The Morgan fingerprint density at radius 2 is 2.16 bits per heavy atom. The molecule has 1 aliphatic rings. The number of nitrogens with two attached hydrogens (primary N) is 1. The number of hydrogen-bond donors (Lipinski definition) is 4. The van der Waals surface area contributed by atoms with E-state index in [-0.39, 0.29) is 6.04 Å². The van der Waals surface area contributed by atoms with Gasteiger partial charge in [-0.25, -0.2) is 9.59 Å². The summed E-state index contributed by atoms with van der Waals surface area (Å²) in [5, 5.41) is 13.7. The van der Waals surface area contributed by atoms with E-state index in [0.29, 0.717) is 6.54 Å². The molecule has 1 heterocycles. The molecule has 0 aromatic carbocycles. The quantitative estimate of drug-likeness (QED) is 0.479. The van der Waals surface area contributed by atoms with Crippen molar-refractivity contribution in [3.63, 3.8) is 0 Å². The molecule has 5 N–H and O–H groups in total. The van der Waals surface area contributed by atoms with E-state index in [1.165, 1.54) is 0 Å². The SMILES string of the molecule is CN1CCCC1CNC(=O)N[C@@H](CC(N)=O)C(=O)O. The highest BCUT2D eigenvalue weighted by Gasteiger charge is 2.24. The first-order valence-electron chi connectivity index (χ1n) is 6.16. The van der Waals surface area contributed by atoms with E-state index in [9.17, 15) is 14.4 Å². The lowest BCUT2D eigenvalue weighted by molar-refractivity contribution is -0.140. The maximum Gasteiger partial charge on any atom is 0.326 e. The van der Waals surface area contributed by atoms with Gasteiger partial charge in [0.25, 0.3) is 0 Å². The van der Waals surface area contributed by atoms with Crippen LogP contribution in [-0.2, 0) is 9.59 Å². The van der Waals surface area contributed by atoms with Crippen molar-refractivity contribution in [3.8, 4) is 0 Å². The standard InChI is InChI=1S/C11H20N4O4/c1-15-4-2-3-7(15)6-13-11(19)14-8(10(17)18)5-9(12)16/h7-8H,2-6H2,1H3,(H2,12,16)(H,17,18)(H2,13,14,19)/t7?,8-/m0/s1. The van der Waals surface area contributed by atoms with Crippen molar-refractivity contribution in [2.75, 3.05) is 20.1 Å². The van der Waals surface area contributed by atoms with Crippen LogP contribution in [0.1, 0.15) is 19.3 Å². The molecule has 1 unspecified atom stereocenters. The minimum atomic E-state index is -1.29. The van der Waals surface area contributed by atoms with Crippen LogP contribution >= 0.6 is 0 Å². The number of carbonyl (C=O) groups is 3. The van der Waals surface area contributed by atoms with Gasteiger partial charge in [-0.05, 0) is 26.4 Å². The maximum atomic E-state index is 11.5. The summed E-state index contributed by atoms with van der Waals surface area (Å²) in [5.74, 6) is -2.06. The van der Waals surface area contributed by atoms with Crippen molar-refractivity contribution in [1.82, 2.24) is 15.5 Å². The van der Waals surface area contributed by atoms with Gasteiger partial charge in [-0.1, -0.05) is 0 Å². The fourth-order valence-electron chi connectivity index (χ4n) is 2.06. The third-order valence-electron chi connectivity index (χ3n) is 3.18. The maximum absolute atomic E-state index is 11.5. The fourth-order valence-corrected chi connectivity index (χ4v) is 2.06. The lowest BCUT2D eigenvalue weighted by atomic mass is 10.2. The Labute approximate surface area is 111 Å². The van der Waals surface area contributed by atoms with Crippen molar-refractivity contribution < 1.29 is 19.5 Å². The van der Waals surface area contributed by atoms with Gasteiger partial charge in [0.05, 0.1) is 6.42 Å². The number of hydrogen-bond acceptors (Lipinski definition) is 4. The Morgan fingerprint density at radius 1 is 1.47 bits per heavy atom. The van der Waals surface area contributed by atoms with Gasteiger partial charge in [0, 0.05) is 12.6 Å². The van der Waals surface area contributed by atoms with E-state index >= 15 is 0 Å². The molecular weight excluding hydrogens is 252 g/mol. The molecule has 108 valence electrons. The molecule has 19 heavy (non-hydrogen) atoms. The van der Waals surface area contributed by atoms with Gasteiger partial charge in [0.1, 0.15) is 6.04 Å². The van der Waals surface area contributed by atoms with Gasteiger partial charge in [-0.15, -0.1) is 0 Å². The minimum absolute atomic E-state index is 0.269. The molecular formula is C11H20N4O4. The number of aliphatic carboxylic acids is 1. The number of nitrogens with zero attached hydrogens (tertiary/aromatic N) is 1. The van der Waals surface area contributed by atoms with E-state index < -0.39 is 30.4 Å². The Hall–Kier alpha value is -1.83. The molecule has 0 spiro atoms. The summed E-state index contributed by atoms with van der Waals surface area (Å²) in [6, 6.07) is -1.63. The van der Waals surface area contributed by atoms with E-state index in [1.807, 2.05) is 7.05 Å². The van der Waals surface area contributed by atoms with Crippen molar-refractivity contribution in [2.45, 2.75) is 31.3 Å². The van der Waals surface area contributed by atoms with Crippen molar-refractivity contribution >= 4 is 17.9 Å². The highest BCUT2D eigenvalue weighted by molar-refractivity contribution is 5.87. The monoisotopic (exact) mass is 272 g/mol. The highest BCUT2D eigenvalue weighted by atomic mass is 16.4. The molecule has 1 rings (SSSR count). The molecule has 0 saturated carbocycles. The number of likely N-dealkylation sites (N-methyl/N-ethyl adjacent to an activating group) is 1. The first kappa shape index (κ1) is 15.2. The number of rotatable bonds is 6. The zero-order valence-corrected chi connectivity index (χ0v) is 10.9. The first-order valence-corrected chi connectivity index (χ1v) is 6.16. The largest absolute Gasteiger partial charge is 0.480 e.